The molecule has 11 heavy (non-hydrogen) atoms. The van der Waals surface area contributed by atoms with Crippen molar-refractivity contribution in [2.45, 2.75) is 26.7 Å². The molecule has 0 saturated heterocycles. The van der Waals surface area contributed by atoms with Gasteiger partial charge in [-0.15, -0.1) is 0 Å². The highest BCUT2D eigenvalue weighted by molar-refractivity contribution is 9.09. The van der Waals surface area contributed by atoms with Crippen molar-refractivity contribution >= 4 is 15.9 Å². The summed E-state index contributed by atoms with van der Waals surface area (Å²) in [5, 5.41) is 1.14. The predicted octanol–water partition coefficient (Wildman–Crippen LogP) is 2.75. The molecule has 0 bridgehead atoms. The summed E-state index contributed by atoms with van der Waals surface area (Å²) in [5.41, 5.74) is 0. The van der Waals surface area contributed by atoms with Gasteiger partial charge in [-0.05, 0) is 25.9 Å². The highest BCUT2D eigenvalue weighted by Crippen LogP contribution is 2.10. The molecule has 1 atom stereocenters. The van der Waals surface area contributed by atoms with E-state index in [1.807, 2.05) is 0 Å². The molecule has 0 aromatic rings. The Morgan fingerprint density at radius 2 is 2.00 bits per heavy atom. The molecule has 1 unspecified atom stereocenters. The Morgan fingerprint density at radius 1 is 1.36 bits per heavy atom. The Hall–Kier alpha value is 0.440. The second-order valence-corrected chi connectivity index (χ2v) is 3.81. The van der Waals surface area contributed by atoms with Crippen LogP contribution in [-0.2, 0) is 0 Å². The summed E-state index contributed by atoms with van der Waals surface area (Å²) >= 11 is 3.55. The van der Waals surface area contributed by atoms with Gasteiger partial charge >= 0.3 is 0 Å². The van der Waals surface area contributed by atoms with Gasteiger partial charge in [-0.1, -0.05) is 36.2 Å². The Bertz CT molecular complexity index is 85.6. The molecule has 0 aliphatic carbocycles. The molecule has 0 N–H and O–H groups in total. The third-order valence-corrected chi connectivity index (χ3v) is 2.94. The molecule has 0 fully saturated rings. The quantitative estimate of drug-likeness (QED) is 0.624. The van der Waals surface area contributed by atoms with Crippen LogP contribution in [0.1, 0.15) is 26.7 Å². The minimum absolute atomic E-state index is 0.838. The fraction of sp³-hybridized carbons (Fsp3) is 1.00. The molecule has 0 aromatic heterocycles. The third kappa shape index (κ3) is 5.68. The van der Waals surface area contributed by atoms with E-state index in [1.54, 1.807) is 0 Å². The molecule has 0 saturated carbocycles. The van der Waals surface area contributed by atoms with Gasteiger partial charge in [0, 0.05) is 11.9 Å². The summed E-state index contributed by atoms with van der Waals surface area (Å²) in [4.78, 5) is 2.38. The van der Waals surface area contributed by atoms with Crippen LogP contribution < -0.4 is 0 Å². The predicted molar refractivity (Wildman–Crippen MR) is 55.4 cm³/mol. The van der Waals surface area contributed by atoms with Crippen LogP contribution in [-0.4, -0.2) is 30.4 Å². The lowest BCUT2D eigenvalue weighted by molar-refractivity contribution is 0.293. The van der Waals surface area contributed by atoms with Crippen LogP contribution in [0.2, 0.25) is 0 Å². The summed E-state index contributed by atoms with van der Waals surface area (Å²) in [6.45, 7) is 6.85. The highest BCUT2D eigenvalue weighted by atomic mass is 79.9. The van der Waals surface area contributed by atoms with Crippen molar-refractivity contribution in [3.63, 3.8) is 0 Å². The van der Waals surface area contributed by atoms with Crippen LogP contribution in [0.15, 0.2) is 0 Å². The molecule has 0 radical (unpaired) electrons. The highest BCUT2D eigenvalue weighted by Gasteiger charge is 2.07. The fourth-order valence-electron chi connectivity index (χ4n) is 1.20. The zero-order valence-electron chi connectivity index (χ0n) is 7.94. The second-order valence-electron chi connectivity index (χ2n) is 3.16. The van der Waals surface area contributed by atoms with Crippen LogP contribution in [0, 0.1) is 5.92 Å². The number of alkyl halides is 1. The monoisotopic (exact) mass is 221 g/mol. The Kier molecular flexibility index (Phi) is 7.39. The first-order chi connectivity index (χ1) is 5.24. The molecule has 68 valence electrons. The maximum atomic E-state index is 3.55. The maximum absolute atomic E-state index is 3.55. The van der Waals surface area contributed by atoms with Crippen molar-refractivity contribution in [3.8, 4) is 0 Å². The largest absolute Gasteiger partial charge is 0.306 e. The smallest absolute Gasteiger partial charge is 0.00718 e. The summed E-state index contributed by atoms with van der Waals surface area (Å²) in [6, 6.07) is 0. The van der Waals surface area contributed by atoms with E-state index in [2.05, 4.69) is 41.7 Å². The number of hydrogen-bond acceptors (Lipinski definition) is 1. The van der Waals surface area contributed by atoms with E-state index >= 15 is 0 Å². The minimum Gasteiger partial charge on any atom is -0.306 e. The van der Waals surface area contributed by atoms with Crippen molar-refractivity contribution in [1.82, 2.24) is 4.90 Å². The molecule has 0 amide bonds. The molecular formula is C9H20BrN. The summed E-state index contributed by atoms with van der Waals surface area (Å²) < 4.78 is 0. The lowest BCUT2D eigenvalue weighted by atomic mass is 10.1. The summed E-state index contributed by atoms with van der Waals surface area (Å²) in [6.07, 6.45) is 2.64. The van der Waals surface area contributed by atoms with Gasteiger partial charge in [0.05, 0.1) is 0 Å². The van der Waals surface area contributed by atoms with Crippen LogP contribution in [0.3, 0.4) is 0 Å². The standard InChI is InChI=1S/C9H20BrN/c1-4-6-9(7-10)8-11(3)5-2/h9H,4-8H2,1-3H3. The van der Waals surface area contributed by atoms with Gasteiger partial charge in [0.1, 0.15) is 0 Å². The van der Waals surface area contributed by atoms with E-state index in [1.165, 1.54) is 19.4 Å². The molecule has 0 aliphatic rings. The van der Waals surface area contributed by atoms with E-state index in [4.69, 9.17) is 0 Å². The fourth-order valence-corrected chi connectivity index (χ4v) is 1.72. The van der Waals surface area contributed by atoms with Gasteiger partial charge in [0.15, 0.2) is 0 Å². The van der Waals surface area contributed by atoms with Crippen LogP contribution in [0.25, 0.3) is 0 Å². The van der Waals surface area contributed by atoms with Crippen molar-refractivity contribution < 1.29 is 0 Å². The van der Waals surface area contributed by atoms with E-state index in [0.29, 0.717) is 0 Å². The molecule has 0 heterocycles. The van der Waals surface area contributed by atoms with E-state index < -0.39 is 0 Å². The van der Waals surface area contributed by atoms with Gasteiger partial charge in [0.2, 0.25) is 0 Å². The van der Waals surface area contributed by atoms with Crippen molar-refractivity contribution in [3.05, 3.63) is 0 Å². The van der Waals surface area contributed by atoms with Gasteiger partial charge in [-0.25, -0.2) is 0 Å². The first-order valence-electron chi connectivity index (χ1n) is 4.49. The zero-order chi connectivity index (χ0) is 8.69. The number of hydrogen-bond donors (Lipinski definition) is 0. The Balaban J connectivity index is 3.49. The van der Waals surface area contributed by atoms with Crippen molar-refractivity contribution in [2.75, 3.05) is 25.5 Å². The van der Waals surface area contributed by atoms with Gasteiger partial charge < -0.3 is 4.90 Å². The average Bonchev–Trinajstić information content (AvgIpc) is 2.03. The lowest BCUT2D eigenvalue weighted by Crippen LogP contribution is -2.26. The summed E-state index contributed by atoms with van der Waals surface area (Å²) in [5.74, 6) is 0.838. The van der Waals surface area contributed by atoms with E-state index in [-0.39, 0.29) is 0 Å². The van der Waals surface area contributed by atoms with Crippen molar-refractivity contribution in [2.24, 2.45) is 5.92 Å². The topological polar surface area (TPSA) is 3.24 Å². The van der Waals surface area contributed by atoms with E-state index in [9.17, 15) is 0 Å². The van der Waals surface area contributed by atoms with Crippen LogP contribution in [0.5, 0.6) is 0 Å². The molecule has 0 spiro atoms. The van der Waals surface area contributed by atoms with E-state index in [0.717, 1.165) is 17.8 Å². The number of rotatable bonds is 6. The van der Waals surface area contributed by atoms with Crippen LogP contribution >= 0.6 is 15.9 Å². The Labute approximate surface area is 79.3 Å². The zero-order valence-corrected chi connectivity index (χ0v) is 9.52. The van der Waals surface area contributed by atoms with Gasteiger partial charge in [0.25, 0.3) is 0 Å². The molecule has 0 aliphatic heterocycles. The molecule has 1 nitrogen and oxygen atoms in total. The molecule has 2 heteroatoms. The molecular weight excluding hydrogens is 202 g/mol. The average molecular weight is 222 g/mol. The first-order valence-corrected chi connectivity index (χ1v) is 5.61. The van der Waals surface area contributed by atoms with Crippen molar-refractivity contribution in [1.29, 1.82) is 0 Å². The normalized spacial score (nSPS) is 13.9. The lowest BCUT2D eigenvalue weighted by Gasteiger charge is -2.20. The molecule has 0 rings (SSSR count). The number of halogens is 1. The minimum atomic E-state index is 0.838. The van der Waals surface area contributed by atoms with Gasteiger partial charge in [-0.2, -0.15) is 0 Å². The second kappa shape index (κ2) is 7.11. The number of nitrogens with zero attached hydrogens (tertiary/aromatic N) is 1. The Morgan fingerprint density at radius 3 is 2.36 bits per heavy atom. The maximum Gasteiger partial charge on any atom is 0.00718 e. The molecule has 0 aromatic carbocycles. The van der Waals surface area contributed by atoms with Crippen LogP contribution in [0.4, 0.5) is 0 Å². The SMILES string of the molecule is CCCC(CBr)CN(C)CC. The van der Waals surface area contributed by atoms with Gasteiger partial charge in [-0.3, -0.25) is 0 Å². The first kappa shape index (κ1) is 11.4. The summed E-state index contributed by atoms with van der Waals surface area (Å²) in [7, 11) is 2.19. The third-order valence-electron chi connectivity index (χ3n) is 2.02.